The van der Waals surface area contributed by atoms with E-state index < -0.39 is 23.3 Å². The molecule has 1 heterocycles. The van der Waals surface area contributed by atoms with Crippen molar-refractivity contribution in [3.8, 4) is 33.6 Å². The van der Waals surface area contributed by atoms with Crippen molar-refractivity contribution in [1.29, 1.82) is 0 Å². The molecule has 0 fully saturated rings. The third kappa shape index (κ3) is 3.49. The van der Waals surface area contributed by atoms with E-state index >= 15 is 0 Å². The summed E-state index contributed by atoms with van der Waals surface area (Å²) >= 11 is 0. The Bertz CT molecular complexity index is 1100. The average Bonchev–Trinajstić information content (AvgIpc) is 2.68. The van der Waals surface area contributed by atoms with Gasteiger partial charge in [-0.3, -0.25) is 0 Å². The quantitative estimate of drug-likeness (QED) is 0.405. The van der Waals surface area contributed by atoms with E-state index in [1.807, 2.05) is 6.07 Å². The minimum absolute atomic E-state index is 0.0453. The third-order valence-electron chi connectivity index (χ3n) is 4.21. The Labute approximate surface area is 158 Å². The lowest BCUT2D eigenvalue weighted by atomic mass is 10.0. The summed E-state index contributed by atoms with van der Waals surface area (Å²) in [6, 6.07) is 14.2. The molecule has 4 aromatic rings. The van der Waals surface area contributed by atoms with Gasteiger partial charge in [-0.25, -0.2) is 27.5 Å². The standard InChI is InChI=1S/C22H12F4N2/c23-17-6-15(7-18(24)10-17)22-27-11-16(12-28-22)21-19(25)8-14(9-20(21)26)13-4-2-1-3-5-13/h1-12H. The molecule has 3 aromatic carbocycles. The Balaban J connectivity index is 1.71. The van der Waals surface area contributed by atoms with Crippen molar-refractivity contribution in [2.75, 3.05) is 0 Å². The highest BCUT2D eigenvalue weighted by molar-refractivity contribution is 5.71. The zero-order chi connectivity index (χ0) is 19.7. The largest absolute Gasteiger partial charge is 0.236 e. The van der Waals surface area contributed by atoms with Crippen LogP contribution in [0, 0.1) is 23.3 Å². The SMILES string of the molecule is Fc1cc(F)cc(-c2ncc(-c3c(F)cc(-c4ccccc4)cc3F)cn2)c1. The van der Waals surface area contributed by atoms with Crippen molar-refractivity contribution in [2.24, 2.45) is 0 Å². The van der Waals surface area contributed by atoms with E-state index in [4.69, 9.17) is 0 Å². The molecule has 0 spiro atoms. The molecule has 0 aliphatic heterocycles. The minimum atomic E-state index is -0.767. The summed E-state index contributed by atoms with van der Waals surface area (Å²) in [6.45, 7) is 0. The Morgan fingerprint density at radius 2 is 1.11 bits per heavy atom. The molecule has 0 saturated carbocycles. The van der Waals surface area contributed by atoms with Crippen LogP contribution in [0.1, 0.15) is 0 Å². The molecule has 6 heteroatoms. The van der Waals surface area contributed by atoms with Gasteiger partial charge in [0.25, 0.3) is 0 Å². The first kappa shape index (κ1) is 17.9. The van der Waals surface area contributed by atoms with Gasteiger partial charge in [-0.1, -0.05) is 30.3 Å². The first-order valence-electron chi connectivity index (χ1n) is 8.34. The molecule has 28 heavy (non-hydrogen) atoms. The van der Waals surface area contributed by atoms with E-state index in [1.165, 1.54) is 24.5 Å². The molecule has 138 valence electrons. The Morgan fingerprint density at radius 3 is 1.68 bits per heavy atom. The zero-order valence-electron chi connectivity index (χ0n) is 14.3. The minimum Gasteiger partial charge on any atom is -0.236 e. The Kier molecular flexibility index (Phi) is 4.61. The number of nitrogens with zero attached hydrogens (tertiary/aromatic N) is 2. The number of aromatic nitrogens is 2. The molecular weight excluding hydrogens is 368 g/mol. The molecule has 0 N–H and O–H groups in total. The van der Waals surface area contributed by atoms with Crippen LogP contribution in [-0.2, 0) is 0 Å². The third-order valence-corrected chi connectivity index (χ3v) is 4.21. The van der Waals surface area contributed by atoms with Gasteiger partial charge in [-0.05, 0) is 35.4 Å². The summed E-state index contributed by atoms with van der Waals surface area (Å²) in [5.74, 6) is -3.00. The fourth-order valence-electron chi connectivity index (χ4n) is 2.94. The lowest BCUT2D eigenvalue weighted by Crippen LogP contribution is -1.96. The highest BCUT2D eigenvalue weighted by Gasteiger charge is 2.15. The summed E-state index contributed by atoms with van der Waals surface area (Å²) < 4.78 is 55.9. The Hall–Kier alpha value is -3.54. The van der Waals surface area contributed by atoms with Crippen molar-refractivity contribution in [1.82, 2.24) is 9.97 Å². The molecule has 0 aliphatic rings. The normalized spacial score (nSPS) is 10.9. The monoisotopic (exact) mass is 380 g/mol. The van der Waals surface area contributed by atoms with E-state index in [0.717, 1.165) is 18.2 Å². The number of hydrogen-bond donors (Lipinski definition) is 0. The number of benzene rings is 3. The van der Waals surface area contributed by atoms with E-state index in [-0.39, 0.29) is 22.5 Å². The van der Waals surface area contributed by atoms with Gasteiger partial charge in [-0.2, -0.15) is 0 Å². The van der Waals surface area contributed by atoms with Crippen molar-refractivity contribution in [3.63, 3.8) is 0 Å². The second-order valence-electron chi connectivity index (χ2n) is 6.13. The summed E-state index contributed by atoms with van der Waals surface area (Å²) in [7, 11) is 0. The van der Waals surface area contributed by atoms with Crippen LogP contribution in [0.4, 0.5) is 17.6 Å². The Morgan fingerprint density at radius 1 is 0.536 bits per heavy atom. The van der Waals surface area contributed by atoms with Crippen molar-refractivity contribution in [3.05, 3.63) is 96.3 Å². The van der Waals surface area contributed by atoms with Crippen molar-refractivity contribution < 1.29 is 17.6 Å². The molecule has 0 radical (unpaired) electrons. The maximum atomic E-state index is 14.6. The molecule has 0 bridgehead atoms. The van der Waals surface area contributed by atoms with Crippen LogP contribution in [-0.4, -0.2) is 9.97 Å². The molecule has 1 aromatic heterocycles. The van der Waals surface area contributed by atoms with Crippen LogP contribution in [0.25, 0.3) is 33.6 Å². The average molecular weight is 380 g/mol. The first-order valence-corrected chi connectivity index (χ1v) is 8.34. The highest BCUT2D eigenvalue weighted by Crippen LogP contribution is 2.31. The van der Waals surface area contributed by atoms with Gasteiger partial charge in [0.2, 0.25) is 0 Å². The van der Waals surface area contributed by atoms with Crippen molar-refractivity contribution >= 4 is 0 Å². The van der Waals surface area contributed by atoms with Crippen LogP contribution >= 0.6 is 0 Å². The van der Waals surface area contributed by atoms with Gasteiger partial charge >= 0.3 is 0 Å². The summed E-state index contributed by atoms with van der Waals surface area (Å²) in [6.07, 6.45) is 2.43. The molecule has 0 atom stereocenters. The van der Waals surface area contributed by atoms with Gasteiger partial charge in [0.1, 0.15) is 23.3 Å². The fourth-order valence-corrected chi connectivity index (χ4v) is 2.94. The second kappa shape index (κ2) is 7.23. The zero-order valence-corrected chi connectivity index (χ0v) is 14.3. The number of halogens is 4. The van der Waals surface area contributed by atoms with Crippen LogP contribution in [0.5, 0.6) is 0 Å². The lowest BCUT2D eigenvalue weighted by Gasteiger charge is -2.09. The maximum absolute atomic E-state index is 14.6. The van der Waals surface area contributed by atoms with E-state index in [9.17, 15) is 17.6 Å². The highest BCUT2D eigenvalue weighted by atomic mass is 19.1. The molecule has 4 rings (SSSR count). The van der Waals surface area contributed by atoms with Gasteiger partial charge in [0, 0.05) is 29.6 Å². The van der Waals surface area contributed by atoms with Gasteiger partial charge in [-0.15, -0.1) is 0 Å². The van der Waals surface area contributed by atoms with Crippen LogP contribution < -0.4 is 0 Å². The molecule has 2 nitrogen and oxygen atoms in total. The first-order chi connectivity index (χ1) is 13.5. The van der Waals surface area contributed by atoms with Crippen LogP contribution in [0.3, 0.4) is 0 Å². The summed E-state index contributed by atoms with van der Waals surface area (Å²) in [4.78, 5) is 7.99. The fraction of sp³-hybridized carbons (Fsp3) is 0. The van der Waals surface area contributed by atoms with E-state index in [2.05, 4.69) is 9.97 Å². The molecule has 0 unspecified atom stereocenters. The maximum Gasteiger partial charge on any atom is 0.159 e. The summed E-state index contributed by atoms with van der Waals surface area (Å²) in [5, 5.41) is 0. The number of hydrogen-bond acceptors (Lipinski definition) is 2. The predicted molar refractivity (Wildman–Crippen MR) is 98.2 cm³/mol. The van der Waals surface area contributed by atoms with E-state index in [0.29, 0.717) is 11.1 Å². The lowest BCUT2D eigenvalue weighted by molar-refractivity contribution is 0.584. The summed E-state index contributed by atoms with van der Waals surface area (Å²) in [5.41, 5.74) is 1.08. The van der Waals surface area contributed by atoms with Gasteiger partial charge < -0.3 is 0 Å². The number of rotatable bonds is 3. The van der Waals surface area contributed by atoms with Crippen LogP contribution in [0.15, 0.2) is 73.1 Å². The van der Waals surface area contributed by atoms with Gasteiger partial charge in [0.05, 0.1) is 5.56 Å². The van der Waals surface area contributed by atoms with Crippen LogP contribution in [0.2, 0.25) is 0 Å². The smallest absolute Gasteiger partial charge is 0.159 e. The topological polar surface area (TPSA) is 25.8 Å². The predicted octanol–water partition coefficient (Wildman–Crippen LogP) is 6.03. The van der Waals surface area contributed by atoms with Crippen molar-refractivity contribution in [2.45, 2.75) is 0 Å². The molecule has 0 saturated heterocycles. The molecular formula is C22H12F4N2. The van der Waals surface area contributed by atoms with Gasteiger partial charge in [0.15, 0.2) is 5.82 Å². The van der Waals surface area contributed by atoms with E-state index in [1.54, 1.807) is 24.3 Å². The molecule has 0 amide bonds. The second-order valence-corrected chi connectivity index (χ2v) is 6.13. The molecule has 0 aliphatic carbocycles.